The summed E-state index contributed by atoms with van der Waals surface area (Å²) < 4.78 is 0.894. The van der Waals surface area contributed by atoms with Gasteiger partial charge in [-0.2, -0.15) is 10.5 Å². The number of nitrogens with zero attached hydrogens (tertiary/aromatic N) is 3. The van der Waals surface area contributed by atoms with E-state index in [-0.39, 0.29) is 23.0 Å². The monoisotopic (exact) mass is 421 g/mol. The molecule has 6 heteroatoms. The average Bonchev–Trinajstić information content (AvgIpc) is 2.68. The molecule has 0 fully saturated rings. The first kappa shape index (κ1) is 18.8. The zero-order valence-corrected chi connectivity index (χ0v) is 16.0. The number of hydrogen-bond donors (Lipinski definition) is 0. The Labute approximate surface area is 165 Å². The Balaban J connectivity index is 2.17. The van der Waals surface area contributed by atoms with Crippen molar-refractivity contribution in [1.82, 2.24) is 0 Å². The first-order chi connectivity index (χ1) is 13.0. The second-order valence-electron chi connectivity index (χ2n) is 6.49. The summed E-state index contributed by atoms with van der Waals surface area (Å²) in [5, 5.41) is 30.4. The van der Waals surface area contributed by atoms with E-state index < -0.39 is 5.92 Å². The molecule has 0 amide bonds. The molecule has 3 rings (SSSR count). The van der Waals surface area contributed by atoms with Crippen molar-refractivity contribution < 1.29 is 4.92 Å². The maximum atomic E-state index is 11.4. The molecule has 2 atom stereocenters. The van der Waals surface area contributed by atoms with E-state index in [0.717, 1.165) is 27.6 Å². The molecule has 0 heterocycles. The third-order valence-electron chi connectivity index (χ3n) is 5.03. The van der Waals surface area contributed by atoms with Gasteiger partial charge in [0.25, 0.3) is 0 Å². The fourth-order valence-corrected chi connectivity index (χ4v) is 4.12. The second kappa shape index (κ2) is 8.16. The highest BCUT2D eigenvalue weighted by atomic mass is 79.9. The van der Waals surface area contributed by atoms with Gasteiger partial charge < -0.3 is 0 Å². The number of aryl methyl sites for hydroxylation is 1. The molecule has 0 aromatic heterocycles. The highest BCUT2D eigenvalue weighted by Gasteiger charge is 2.36. The highest BCUT2D eigenvalue weighted by molar-refractivity contribution is 9.10. The van der Waals surface area contributed by atoms with Crippen LogP contribution in [0.4, 0.5) is 0 Å². The van der Waals surface area contributed by atoms with Crippen LogP contribution in [0.1, 0.15) is 29.0 Å². The van der Waals surface area contributed by atoms with Crippen LogP contribution in [0.15, 0.2) is 58.6 Å². The van der Waals surface area contributed by atoms with Gasteiger partial charge in [-0.1, -0.05) is 52.3 Å². The quantitative estimate of drug-likeness (QED) is 0.399. The van der Waals surface area contributed by atoms with Crippen LogP contribution in [-0.2, 0) is 6.42 Å². The van der Waals surface area contributed by atoms with Gasteiger partial charge in [0.05, 0.1) is 5.92 Å². The predicted molar refractivity (Wildman–Crippen MR) is 105 cm³/mol. The number of rotatable bonds is 4. The lowest BCUT2D eigenvalue weighted by Crippen LogP contribution is -2.26. The smallest absolute Gasteiger partial charge is 0.211 e. The minimum Gasteiger partial charge on any atom is -0.265 e. The molecule has 0 aliphatic heterocycles. The van der Waals surface area contributed by atoms with Crippen molar-refractivity contribution in [2.24, 2.45) is 5.92 Å². The van der Waals surface area contributed by atoms with E-state index in [1.807, 2.05) is 60.7 Å². The predicted octanol–water partition coefficient (Wildman–Crippen LogP) is 4.87. The van der Waals surface area contributed by atoms with Crippen molar-refractivity contribution >= 4 is 21.5 Å². The van der Waals surface area contributed by atoms with E-state index in [0.29, 0.717) is 12.0 Å². The summed E-state index contributed by atoms with van der Waals surface area (Å²) in [5.74, 6) is -0.672. The van der Waals surface area contributed by atoms with Crippen LogP contribution in [0, 0.1) is 38.7 Å². The normalized spacial score (nSPS) is 16.6. The Morgan fingerprint density at radius 3 is 2.48 bits per heavy atom. The third-order valence-corrected chi connectivity index (χ3v) is 5.55. The number of allylic oxidation sites excluding steroid dienone is 2. The lowest BCUT2D eigenvalue weighted by molar-refractivity contribution is -0.484. The van der Waals surface area contributed by atoms with Gasteiger partial charge >= 0.3 is 0 Å². The van der Waals surface area contributed by atoms with Gasteiger partial charge in [0.15, 0.2) is 0 Å². The molecule has 1 aliphatic carbocycles. The van der Waals surface area contributed by atoms with Crippen molar-refractivity contribution in [3.63, 3.8) is 0 Å². The summed E-state index contributed by atoms with van der Waals surface area (Å²) in [5.41, 5.74) is 3.45. The topological polar surface area (TPSA) is 90.7 Å². The molecule has 0 unspecified atom stereocenters. The lowest BCUT2D eigenvalue weighted by Gasteiger charge is -2.32. The number of fused-ring (bicyclic) bond motifs is 1. The first-order valence-corrected chi connectivity index (χ1v) is 9.34. The molecule has 0 bridgehead atoms. The lowest BCUT2D eigenvalue weighted by atomic mass is 9.70. The third kappa shape index (κ3) is 3.92. The number of nitro groups is 1. The minimum absolute atomic E-state index is 0.0395. The maximum Gasteiger partial charge on any atom is 0.211 e. The SMILES string of the molecule is N#CC(C#N)=C1c2ccccc2CC[C@H]1[C@@H](C[N+](=O)[O-])c1ccc(Br)cc1. The van der Waals surface area contributed by atoms with Gasteiger partial charge in [0, 0.05) is 9.40 Å². The molecule has 27 heavy (non-hydrogen) atoms. The zero-order valence-electron chi connectivity index (χ0n) is 14.4. The molecule has 0 saturated heterocycles. The number of hydrogen-bond acceptors (Lipinski definition) is 4. The molecular formula is C21H16BrN3O2. The number of nitriles is 2. The van der Waals surface area contributed by atoms with Gasteiger partial charge in [-0.05, 0) is 53.2 Å². The summed E-state index contributed by atoms with van der Waals surface area (Å²) in [7, 11) is 0. The van der Waals surface area contributed by atoms with Crippen LogP contribution in [0.2, 0.25) is 0 Å². The molecule has 1 aliphatic rings. The summed E-state index contributed by atoms with van der Waals surface area (Å²) >= 11 is 3.39. The number of benzene rings is 2. The molecule has 2 aromatic rings. The minimum atomic E-state index is -0.409. The molecule has 134 valence electrons. The maximum absolute atomic E-state index is 11.4. The summed E-state index contributed by atoms with van der Waals surface area (Å²) in [6, 6.07) is 19.1. The average molecular weight is 422 g/mol. The Bertz CT molecular complexity index is 968. The number of halogens is 1. The van der Waals surface area contributed by atoms with Crippen molar-refractivity contribution in [1.29, 1.82) is 10.5 Å². The van der Waals surface area contributed by atoms with E-state index in [1.165, 1.54) is 0 Å². The zero-order chi connectivity index (χ0) is 19.4. The molecule has 0 saturated carbocycles. The van der Waals surface area contributed by atoms with Crippen molar-refractivity contribution in [2.75, 3.05) is 6.54 Å². The second-order valence-corrected chi connectivity index (χ2v) is 7.40. The Morgan fingerprint density at radius 2 is 1.85 bits per heavy atom. The standard InChI is InChI=1S/C21H16BrN3O2/c22-17-8-5-15(6-9-17)20(13-25(26)27)19-10-7-14-3-1-2-4-18(14)21(19)16(11-23)12-24/h1-6,8-9,19-20H,7,10,13H2/t19-,20-/m0/s1. The van der Waals surface area contributed by atoms with Crippen molar-refractivity contribution in [3.05, 3.63) is 85.4 Å². The Hall–Kier alpha value is -2.96. The van der Waals surface area contributed by atoms with Gasteiger partial charge in [-0.25, -0.2) is 0 Å². The van der Waals surface area contributed by atoms with E-state index >= 15 is 0 Å². The summed E-state index contributed by atoms with van der Waals surface area (Å²) in [4.78, 5) is 11.1. The molecule has 2 aromatic carbocycles. The van der Waals surface area contributed by atoms with Crippen LogP contribution < -0.4 is 0 Å². The van der Waals surface area contributed by atoms with Crippen LogP contribution >= 0.6 is 15.9 Å². The van der Waals surface area contributed by atoms with Crippen molar-refractivity contribution in [3.8, 4) is 12.1 Å². The fraction of sp³-hybridized carbons (Fsp3) is 0.238. The molecule has 0 radical (unpaired) electrons. The Morgan fingerprint density at radius 1 is 1.19 bits per heavy atom. The molecule has 0 spiro atoms. The first-order valence-electron chi connectivity index (χ1n) is 8.55. The van der Waals surface area contributed by atoms with E-state index in [2.05, 4.69) is 15.9 Å². The van der Waals surface area contributed by atoms with Gasteiger partial charge in [-0.15, -0.1) is 0 Å². The van der Waals surface area contributed by atoms with Crippen LogP contribution in [0.5, 0.6) is 0 Å². The summed E-state index contributed by atoms with van der Waals surface area (Å²) in [6.07, 6.45) is 1.42. The van der Waals surface area contributed by atoms with E-state index in [4.69, 9.17) is 0 Å². The Kier molecular flexibility index (Phi) is 5.69. The van der Waals surface area contributed by atoms with Crippen molar-refractivity contribution in [2.45, 2.75) is 18.8 Å². The van der Waals surface area contributed by atoms with Crippen LogP contribution in [0.3, 0.4) is 0 Å². The highest BCUT2D eigenvalue weighted by Crippen LogP contribution is 2.45. The van der Waals surface area contributed by atoms with Gasteiger partial charge in [0.1, 0.15) is 17.7 Å². The molecule has 0 N–H and O–H groups in total. The van der Waals surface area contributed by atoms with Crippen LogP contribution in [-0.4, -0.2) is 11.5 Å². The molecule has 5 nitrogen and oxygen atoms in total. The van der Waals surface area contributed by atoms with E-state index in [1.54, 1.807) is 0 Å². The van der Waals surface area contributed by atoms with E-state index in [9.17, 15) is 20.6 Å². The fourth-order valence-electron chi connectivity index (χ4n) is 3.86. The largest absolute Gasteiger partial charge is 0.265 e. The summed E-state index contributed by atoms with van der Waals surface area (Å²) in [6.45, 7) is -0.248. The van der Waals surface area contributed by atoms with Gasteiger partial charge in [0.2, 0.25) is 6.54 Å². The molecular weight excluding hydrogens is 406 g/mol. The van der Waals surface area contributed by atoms with Crippen LogP contribution in [0.25, 0.3) is 5.57 Å². The van der Waals surface area contributed by atoms with Gasteiger partial charge in [-0.3, -0.25) is 10.1 Å².